The maximum atomic E-state index is 5.06. The zero-order valence-corrected chi connectivity index (χ0v) is 14.4. The Morgan fingerprint density at radius 1 is 1.33 bits per heavy atom. The highest BCUT2D eigenvalue weighted by molar-refractivity contribution is 9.10. The molecule has 1 N–H and O–H groups in total. The molecule has 1 heterocycles. The molecule has 0 atom stereocenters. The fourth-order valence-electron chi connectivity index (χ4n) is 2.36. The first kappa shape index (κ1) is 16.2. The van der Waals surface area contributed by atoms with Crippen LogP contribution in [0.3, 0.4) is 0 Å². The van der Waals surface area contributed by atoms with E-state index in [0.29, 0.717) is 5.92 Å². The van der Waals surface area contributed by atoms with Gasteiger partial charge >= 0.3 is 0 Å². The van der Waals surface area contributed by atoms with Crippen LogP contribution in [0.5, 0.6) is 0 Å². The van der Waals surface area contributed by atoms with Gasteiger partial charge in [-0.2, -0.15) is 5.10 Å². The topological polar surface area (TPSA) is 39.1 Å². The number of para-hydroxylation sites is 1. The molecule has 2 aromatic rings. The highest BCUT2D eigenvalue weighted by Gasteiger charge is 2.16. The Kier molecular flexibility index (Phi) is 5.96. The standard InChI is InChI=1S/C16H22BrN3O/c1-12(2)16-13(10-18-8-9-21-3)11-19-20(16)15-7-5-4-6-14(15)17/h4-7,11-12,18H,8-10H2,1-3H3. The molecule has 0 saturated carbocycles. The molecule has 1 aromatic heterocycles. The van der Waals surface area contributed by atoms with Crippen molar-refractivity contribution in [1.29, 1.82) is 0 Å². The average molecular weight is 352 g/mol. The van der Waals surface area contributed by atoms with Crippen LogP contribution in [0.15, 0.2) is 34.9 Å². The molecule has 0 amide bonds. The quantitative estimate of drug-likeness (QED) is 0.776. The Morgan fingerprint density at radius 2 is 2.10 bits per heavy atom. The van der Waals surface area contributed by atoms with Crippen molar-refractivity contribution in [3.8, 4) is 5.69 Å². The molecule has 0 aliphatic heterocycles. The van der Waals surface area contributed by atoms with Crippen LogP contribution in [0.25, 0.3) is 5.69 Å². The van der Waals surface area contributed by atoms with Crippen molar-refractivity contribution in [2.75, 3.05) is 20.3 Å². The SMILES string of the molecule is COCCNCc1cnn(-c2ccccc2Br)c1C(C)C. The van der Waals surface area contributed by atoms with E-state index in [4.69, 9.17) is 4.74 Å². The molecular formula is C16H22BrN3O. The number of aromatic nitrogens is 2. The molecule has 114 valence electrons. The average Bonchev–Trinajstić information content (AvgIpc) is 2.88. The molecule has 0 saturated heterocycles. The van der Waals surface area contributed by atoms with Crippen LogP contribution >= 0.6 is 15.9 Å². The normalized spacial score (nSPS) is 11.3. The fraction of sp³-hybridized carbons (Fsp3) is 0.438. The smallest absolute Gasteiger partial charge is 0.0790 e. The second-order valence-electron chi connectivity index (χ2n) is 5.24. The summed E-state index contributed by atoms with van der Waals surface area (Å²) in [6, 6.07) is 8.16. The van der Waals surface area contributed by atoms with Gasteiger partial charge in [-0.25, -0.2) is 4.68 Å². The van der Waals surface area contributed by atoms with Crippen molar-refractivity contribution >= 4 is 15.9 Å². The lowest BCUT2D eigenvalue weighted by Crippen LogP contribution is -2.19. The van der Waals surface area contributed by atoms with Gasteiger partial charge in [0.05, 0.1) is 24.2 Å². The fourth-order valence-corrected chi connectivity index (χ4v) is 2.81. The van der Waals surface area contributed by atoms with Crippen LogP contribution in [0.2, 0.25) is 0 Å². The van der Waals surface area contributed by atoms with Crippen LogP contribution in [0.1, 0.15) is 31.0 Å². The van der Waals surface area contributed by atoms with Gasteiger partial charge in [0.2, 0.25) is 0 Å². The number of rotatable bonds is 7. The Balaban J connectivity index is 2.27. The molecule has 0 radical (unpaired) electrons. The van der Waals surface area contributed by atoms with Crippen molar-refractivity contribution in [3.05, 3.63) is 46.2 Å². The second-order valence-corrected chi connectivity index (χ2v) is 6.10. The maximum Gasteiger partial charge on any atom is 0.0790 e. The molecule has 21 heavy (non-hydrogen) atoms. The first-order valence-corrected chi connectivity index (χ1v) is 7.95. The Hall–Kier alpha value is -1.17. The molecule has 4 nitrogen and oxygen atoms in total. The third-order valence-electron chi connectivity index (χ3n) is 3.31. The predicted molar refractivity (Wildman–Crippen MR) is 88.9 cm³/mol. The van der Waals surface area contributed by atoms with Crippen molar-refractivity contribution in [3.63, 3.8) is 0 Å². The molecule has 0 spiro atoms. The van der Waals surface area contributed by atoms with Crippen LogP contribution in [0.4, 0.5) is 0 Å². The van der Waals surface area contributed by atoms with Crippen molar-refractivity contribution in [2.24, 2.45) is 0 Å². The summed E-state index contributed by atoms with van der Waals surface area (Å²) in [5.74, 6) is 0.402. The number of methoxy groups -OCH3 is 1. The zero-order chi connectivity index (χ0) is 15.2. The summed E-state index contributed by atoms with van der Waals surface area (Å²) in [4.78, 5) is 0. The minimum atomic E-state index is 0.402. The van der Waals surface area contributed by atoms with E-state index in [2.05, 4.69) is 46.3 Å². The molecule has 0 unspecified atom stereocenters. The van der Waals surface area contributed by atoms with Gasteiger partial charge in [0, 0.05) is 30.2 Å². The lowest BCUT2D eigenvalue weighted by molar-refractivity contribution is 0.199. The van der Waals surface area contributed by atoms with Crippen molar-refractivity contribution in [1.82, 2.24) is 15.1 Å². The Bertz CT molecular complexity index is 581. The van der Waals surface area contributed by atoms with Crippen LogP contribution in [-0.2, 0) is 11.3 Å². The van der Waals surface area contributed by atoms with Gasteiger partial charge in [0.25, 0.3) is 0 Å². The molecule has 0 fully saturated rings. The van der Waals surface area contributed by atoms with Gasteiger partial charge < -0.3 is 10.1 Å². The minimum absolute atomic E-state index is 0.402. The number of hydrogen-bond donors (Lipinski definition) is 1. The molecule has 2 rings (SSSR count). The number of benzene rings is 1. The van der Waals surface area contributed by atoms with Gasteiger partial charge in [-0.05, 0) is 34.0 Å². The highest BCUT2D eigenvalue weighted by atomic mass is 79.9. The molecule has 0 aliphatic carbocycles. The van der Waals surface area contributed by atoms with Crippen molar-refractivity contribution < 1.29 is 4.74 Å². The third-order valence-corrected chi connectivity index (χ3v) is 3.98. The van der Waals surface area contributed by atoms with E-state index in [1.54, 1.807) is 7.11 Å². The van der Waals surface area contributed by atoms with Gasteiger partial charge in [0.1, 0.15) is 0 Å². The Morgan fingerprint density at radius 3 is 2.76 bits per heavy atom. The number of ether oxygens (including phenoxy) is 1. The number of halogens is 1. The summed E-state index contributed by atoms with van der Waals surface area (Å²) in [6.07, 6.45) is 1.95. The van der Waals surface area contributed by atoms with E-state index >= 15 is 0 Å². The summed E-state index contributed by atoms with van der Waals surface area (Å²) in [7, 11) is 1.71. The second kappa shape index (κ2) is 7.73. The van der Waals surface area contributed by atoms with E-state index in [9.17, 15) is 0 Å². The molecular weight excluding hydrogens is 330 g/mol. The largest absolute Gasteiger partial charge is 0.383 e. The van der Waals surface area contributed by atoms with Crippen molar-refractivity contribution in [2.45, 2.75) is 26.3 Å². The number of hydrogen-bond acceptors (Lipinski definition) is 3. The summed E-state index contributed by atoms with van der Waals surface area (Å²) in [5.41, 5.74) is 3.55. The zero-order valence-electron chi connectivity index (χ0n) is 12.8. The maximum absolute atomic E-state index is 5.06. The first-order valence-electron chi connectivity index (χ1n) is 7.16. The lowest BCUT2D eigenvalue weighted by Gasteiger charge is -2.14. The van der Waals surface area contributed by atoms with E-state index in [1.165, 1.54) is 11.3 Å². The monoisotopic (exact) mass is 351 g/mol. The van der Waals surface area contributed by atoms with E-state index in [-0.39, 0.29) is 0 Å². The molecule has 0 bridgehead atoms. The predicted octanol–water partition coefficient (Wildman–Crippen LogP) is 3.49. The summed E-state index contributed by atoms with van der Waals surface area (Å²) >= 11 is 3.61. The van der Waals surface area contributed by atoms with Gasteiger partial charge in [0.15, 0.2) is 0 Å². The molecule has 5 heteroatoms. The van der Waals surface area contributed by atoms with Crippen LogP contribution in [-0.4, -0.2) is 30.0 Å². The van der Waals surface area contributed by atoms with Gasteiger partial charge in [-0.3, -0.25) is 0 Å². The molecule has 0 aliphatic rings. The number of nitrogens with zero attached hydrogens (tertiary/aromatic N) is 2. The highest BCUT2D eigenvalue weighted by Crippen LogP contribution is 2.27. The van der Waals surface area contributed by atoms with Crippen LogP contribution in [0, 0.1) is 0 Å². The summed E-state index contributed by atoms with van der Waals surface area (Å²) < 4.78 is 8.14. The minimum Gasteiger partial charge on any atom is -0.383 e. The Labute approximate surface area is 134 Å². The third kappa shape index (κ3) is 3.93. The lowest BCUT2D eigenvalue weighted by atomic mass is 10.1. The van der Waals surface area contributed by atoms with E-state index in [1.807, 2.05) is 29.1 Å². The van der Waals surface area contributed by atoms with E-state index in [0.717, 1.165) is 29.9 Å². The van der Waals surface area contributed by atoms with Crippen LogP contribution < -0.4 is 5.32 Å². The van der Waals surface area contributed by atoms with Gasteiger partial charge in [-0.15, -0.1) is 0 Å². The van der Waals surface area contributed by atoms with Gasteiger partial charge in [-0.1, -0.05) is 26.0 Å². The first-order chi connectivity index (χ1) is 10.1. The molecule has 1 aromatic carbocycles. The summed E-state index contributed by atoms with van der Waals surface area (Å²) in [5, 5.41) is 7.97. The van der Waals surface area contributed by atoms with E-state index < -0.39 is 0 Å². The number of nitrogens with one attached hydrogen (secondary N) is 1. The summed E-state index contributed by atoms with van der Waals surface area (Å²) in [6.45, 7) is 6.76.